The van der Waals surface area contributed by atoms with Crippen LogP contribution in [0.5, 0.6) is 0 Å². The van der Waals surface area contributed by atoms with Crippen molar-refractivity contribution in [1.82, 2.24) is 19.6 Å². The molecule has 0 aliphatic heterocycles. The molecule has 0 radical (unpaired) electrons. The second-order valence-corrected chi connectivity index (χ2v) is 5.20. The molecule has 0 saturated heterocycles. The Hall–Kier alpha value is -1.39. The quantitative estimate of drug-likeness (QED) is 0.800. The van der Waals surface area contributed by atoms with Gasteiger partial charge in [0.2, 0.25) is 0 Å². The van der Waals surface area contributed by atoms with Crippen molar-refractivity contribution in [3.63, 3.8) is 0 Å². The van der Waals surface area contributed by atoms with Gasteiger partial charge < -0.3 is 9.80 Å². The van der Waals surface area contributed by atoms with Gasteiger partial charge in [0.05, 0.1) is 11.7 Å². The van der Waals surface area contributed by atoms with Crippen LogP contribution in [0, 0.1) is 0 Å². The summed E-state index contributed by atoms with van der Waals surface area (Å²) in [4.78, 5) is 4.55. The van der Waals surface area contributed by atoms with E-state index >= 15 is 0 Å². The molecule has 2 rings (SSSR count). The SMILES string of the molecule is CN(C)CCN(C)Cc1ccc2c(cnn2C)c1. The third-order valence-corrected chi connectivity index (χ3v) is 3.19. The van der Waals surface area contributed by atoms with Crippen molar-refractivity contribution in [2.24, 2.45) is 7.05 Å². The zero-order valence-electron chi connectivity index (χ0n) is 11.7. The number of benzene rings is 1. The van der Waals surface area contributed by atoms with Crippen LogP contribution in [0.3, 0.4) is 0 Å². The van der Waals surface area contributed by atoms with Gasteiger partial charge in [-0.25, -0.2) is 0 Å². The lowest BCUT2D eigenvalue weighted by Crippen LogP contribution is -2.28. The smallest absolute Gasteiger partial charge is 0.0679 e. The Labute approximate surface area is 109 Å². The van der Waals surface area contributed by atoms with E-state index in [-0.39, 0.29) is 0 Å². The number of nitrogens with zero attached hydrogens (tertiary/aromatic N) is 4. The van der Waals surface area contributed by atoms with Crippen molar-refractivity contribution in [3.8, 4) is 0 Å². The molecular weight excluding hydrogens is 224 g/mol. The fourth-order valence-corrected chi connectivity index (χ4v) is 2.07. The summed E-state index contributed by atoms with van der Waals surface area (Å²) in [5.41, 5.74) is 2.53. The summed E-state index contributed by atoms with van der Waals surface area (Å²) in [6.07, 6.45) is 1.93. The standard InChI is InChI=1S/C14H22N4/c1-16(2)7-8-17(3)11-12-5-6-14-13(9-12)10-15-18(14)4/h5-6,9-10H,7-8,11H2,1-4H3. The molecule has 0 aliphatic carbocycles. The maximum atomic E-state index is 4.27. The molecule has 18 heavy (non-hydrogen) atoms. The van der Waals surface area contributed by atoms with Crippen LogP contribution >= 0.6 is 0 Å². The maximum Gasteiger partial charge on any atom is 0.0679 e. The molecule has 0 atom stereocenters. The summed E-state index contributed by atoms with van der Waals surface area (Å²) >= 11 is 0. The van der Waals surface area contributed by atoms with E-state index in [1.54, 1.807) is 0 Å². The first-order chi connectivity index (χ1) is 8.56. The number of rotatable bonds is 5. The zero-order valence-corrected chi connectivity index (χ0v) is 11.7. The highest BCUT2D eigenvalue weighted by molar-refractivity contribution is 5.79. The van der Waals surface area contributed by atoms with Crippen molar-refractivity contribution in [2.75, 3.05) is 34.2 Å². The van der Waals surface area contributed by atoms with Crippen LogP contribution in [0.1, 0.15) is 5.56 Å². The van der Waals surface area contributed by atoms with Gasteiger partial charge in [-0.15, -0.1) is 0 Å². The van der Waals surface area contributed by atoms with Crippen LogP contribution in [-0.2, 0) is 13.6 Å². The molecule has 0 amide bonds. The van der Waals surface area contributed by atoms with Crippen molar-refractivity contribution >= 4 is 10.9 Å². The Bertz CT molecular complexity index is 515. The normalized spacial score (nSPS) is 11.9. The monoisotopic (exact) mass is 246 g/mol. The Morgan fingerprint density at radius 3 is 2.67 bits per heavy atom. The summed E-state index contributed by atoms with van der Waals surface area (Å²) in [6.45, 7) is 3.16. The third kappa shape index (κ3) is 3.09. The fourth-order valence-electron chi connectivity index (χ4n) is 2.07. The zero-order chi connectivity index (χ0) is 13.1. The first-order valence-electron chi connectivity index (χ1n) is 6.30. The Kier molecular flexibility index (Phi) is 3.99. The van der Waals surface area contributed by atoms with Crippen molar-refractivity contribution in [1.29, 1.82) is 0 Å². The molecule has 4 heteroatoms. The van der Waals surface area contributed by atoms with Gasteiger partial charge in [0.15, 0.2) is 0 Å². The van der Waals surface area contributed by atoms with Crippen LogP contribution in [0.4, 0.5) is 0 Å². The molecule has 0 spiro atoms. The van der Waals surface area contributed by atoms with Gasteiger partial charge in [0.25, 0.3) is 0 Å². The first kappa shape index (κ1) is 13.1. The molecule has 1 heterocycles. The minimum Gasteiger partial charge on any atom is -0.308 e. The summed E-state index contributed by atoms with van der Waals surface area (Å²) in [7, 11) is 8.35. The molecule has 0 N–H and O–H groups in total. The lowest BCUT2D eigenvalue weighted by Gasteiger charge is -2.19. The van der Waals surface area contributed by atoms with Gasteiger partial charge in [-0.05, 0) is 38.8 Å². The Balaban J connectivity index is 2.03. The predicted octanol–water partition coefficient (Wildman–Crippen LogP) is 1.57. The summed E-state index contributed by atoms with van der Waals surface area (Å²) in [5.74, 6) is 0. The summed E-state index contributed by atoms with van der Waals surface area (Å²) in [5, 5.41) is 5.49. The van der Waals surface area contributed by atoms with E-state index in [1.807, 2.05) is 17.9 Å². The van der Waals surface area contributed by atoms with Crippen molar-refractivity contribution in [2.45, 2.75) is 6.54 Å². The minimum atomic E-state index is 0.985. The van der Waals surface area contributed by atoms with Gasteiger partial charge >= 0.3 is 0 Å². The highest BCUT2D eigenvalue weighted by Gasteiger charge is 2.04. The number of aromatic nitrogens is 2. The van der Waals surface area contributed by atoms with E-state index in [0.29, 0.717) is 0 Å². The van der Waals surface area contributed by atoms with E-state index in [9.17, 15) is 0 Å². The largest absolute Gasteiger partial charge is 0.308 e. The van der Waals surface area contributed by atoms with E-state index in [0.717, 1.165) is 19.6 Å². The number of likely N-dealkylation sites (N-methyl/N-ethyl adjacent to an activating group) is 2. The molecule has 1 aromatic carbocycles. The van der Waals surface area contributed by atoms with Crippen molar-refractivity contribution in [3.05, 3.63) is 30.0 Å². The molecule has 2 aromatic rings. The Morgan fingerprint density at radius 2 is 1.94 bits per heavy atom. The third-order valence-electron chi connectivity index (χ3n) is 3.19. The molecule has 0 bridgehead atoms. The van der Waals surface area contributed by atoms with Gasteiger partial charge in [-0.2, -0.15) is 5.10 Å². The highest BCUT2D eigenvalue weighted by Crippen LogP contribution is 2.15. The minimum absolute atomic E-state index is 0.985. The second kappa shape index (κ2) is 5.50. The maximum absolute atomic E-state index is 4.27. The average molecular weight is 246 g/mol. The number of hydrogen-bond acceptors (Lipinski definition) is 3. The van der Waals surface area contributed by atoms with E-state index in [1.165, 1.54) is 16.5 Å². The average Bonchev–Trinajstić information content (AvgIpc) is 2.68. The lowest BCUT2D eigenvalue weighted by atomic mass is 10.1. The van der Waals surface area contributed by atoms with Gasteiger partial charge in [0.1, 0.15) is 0 Å². The van der Waals surface area contributed by atoms with Gasteiger partial charge in [-0.3, -0.25) is 4.68 Å². The van der Waals surface area contributed by atoms with E-state index < -0.39 is 0 Å². The molecular formula is C14H22N4. The second-order valence-electron chi connectivity index (χ2n) is 5.20. The number of fused-ring (bicyclic) bond motifs is 1. The van der Waals surface area contributed by atoms with E-state index in [4.69, 9.17) is 0 Å². The molecule has 0 aliphatic rings. The molecule has 0 saturated carbocycles. The molecule has 98 valence electrons. The Morgan fingerprint density at radius 1 is 1.17 bits per heavy atom. The molecule has 0 unspecified atom stereocenters. The van der Waals surface area contributed by atoms with Crippen LogP contribution < -0.4 is 0 Å². The van der Waals surface area contributed by atoms with Crippen LogP contribution in [-0.4, -0.2) is 53.8 Å². The van der Waals surface area contributed by atoms with Crippen molar-refractivity contribution < 1.29 is 0 Å². The predicted molar refractivity (Wildman–Crippen MR) is 75.6 cm³/mol. The van der Waals surface area contributed by atoms with Gasteiger partial charge in [0, 0.05) is 32.1 Å². The van der Waals surface area contributed by atoms with E-state index in [2.05, 4.69) is 54.2 Å². The molecule has 0 fully saturated rings. The van der Waals surface area contributed by atoms with Gasteiger partial charge in [-0.1, -0.05) is 6.07 Å². The topological polar surface area (TPSA) is 24.3 Å². The lowest BCUT2D eigenvalue weighted by molar-refractivity contribution is 0.276. The number of aryl methyl sites for hydroxylation is 1. The summed E-state index contributed by atoms with van der Waals surface area (Å²) in [6, 6.07) is 6.57. The van der Waals surface area contributed by atoms with Crippen LogP contribution in [0.2, 0.25) is 0 Å². The first-order valence-corrected chi connectivity index (χ1v) is 6.30. The molecule has 4 nitrogen and oxygen atoms in total. The number of hydrogen-bond donors (Lipinski definition) is 0. The molecule has 1 aromatic heterocycles. The van der Waals surface area contributed by atoms with Crippen LogP contribution in [0.25, 0.3) is 10.9 Å². The fraction of sp³-hybridized carbons (Fsp3) is 0.500. The summed E-state index contributed by atoms with van der Waals surface area (Å²) < 4.78 is 1.91. The van der Waals surface area contributed by atoms with Crippen LogP contribution in [0.15, 0.2) is 24.4 Å². The highest BCUT2D eigenvalue weighted by atomic mass is 15.2.